The number of carbonyl (C=O) groups excluding carboxylic acids is 2. The Morgan fingerprint density at radius 3 is 2.68 bits per heavy atom. The molecule has 2 amide bonds. The van der Waals surface area contributed by atoms with Crippen molar-refractivity contribution in [1.82, 2.24) is 4.90 Å². The molecule has 0 saturated carbocycles. The van der Waals surface area contributed by atoms with Crippen molar-refractivity contribution in [2.45, 2.75) is 16.6 Å². The number of hydrogen-bond donors (Lipinski definition) is 1. The van der Waals surface area contributed by atoms with Crippen LogP contribution in [0.3, 0.4) is 0 Å². The van der Waals surface area contributed by atoms with Gasteiger partial charge in [-0.3, -0.25) is 9.59 Å². The van der Waals surface area contributed by atoms with E-state index in [1.54, 1.807) is 35.2 Å². The maximum Gasteiger partial charge on any atom is 0.238 e. The normalized spacial score (nSPS) is 19.2. The molecule has 0 unspecified atom stereocenters. The average molecular weight is 420 g/mol. The summed E-state index contributed by atoms with van der Waals surface area (Å²) in [5, 5.41) is 2.92. The number of rotatable bonds is 3. The monoisotopic (exact) mass is 419 g/mol. The minimum Gasteiger partial charge on any atom is -0.366 e. The van der Waals surface area contributed by atoms with Crippen LogP contribution < -0.4 is 10.2 Å². The Morgan fingerprint density at radius 2 is 1.93 bits per heavy atom. The molecule has 5 nitrogen and oxygen atoms in total. The summed E-state index contributed by atoms with van der Waals surface area (Å²) in [4.78, 5) is 29.7. The molecular weight excluding hydrogens is 401 g/mol. The van der Waals surface area contributed by atoms with Gasteiger partial charge in [0.25, 0.3) is 0 Å². The lowest BCUT2D eigenvalue weighted by Gasteiger charge is -2.37. The number of thioether (sulfide) groups is 1. The number of hydrogen-bond acceptors (Lipinski definition) is 4. The number of carbonyl (C=O) groups is 2. The van der Waals surface area contributed by atoms with Crippen LogP contribution in [-0.2, 0) is 9.59 Å². The van der Waals surface area contributed by atoms with Crippen LogP contribution in [-0.4, -0.2) is 48.1 Å². The maximum atomic E-state index is 14.0. The molecule has 4 rings (SSSR count). The summed E-state index contributed by atoms with van der Waals surface area (Å²) in [6.45, 7) is 2.16. The van der Waals surface area contributed by atoms with Crippen molar-refractivity contribution in [1.29, 1.82) is 0 Å². The van der Waals surface area contributed by atoms with Crippen LogP contribution in [0.1, 0.15) is 6.42 Å². The zero-order valence-electron chi connectivity index (χ0n) is 15.0. The van der Waals surface area contributed by atoms with Gasteiger partial charge in [0.2, 0.25) is 11.8 Å². The zero-order valence-corrected chi connectivity index (χ0v) is 16.6. The van der Waals surface area contributed by atoms with Gasteiger partial charge >= 0.3 is 0 Å². The molecule has 2 heterocycles. The minimum absolute atomic E-state index is 0.0572. The first kappa shape index (κ1) is 19.1. The molecule has 1 atom stereocenters. The zero-order chi connectivity index (χ0) is 19.7. The molecule has 1 saturated heterocycles. The number of amides is 2. The Morgan fingerprint density at radius 1 is 1.18 bits per heavy atom. The van der Waals surface area contributed by atoms with E-state index < -0.39 is 5.25 Å². The average Bonchev–Trinajstić information content (AvgIpc) is 2.69. The smallest absolute Gasteiger partial charge is 0.238 e. The Hall–Kier alpha value is -2.25. The molecule has 0 bridgehead atoms. The standard InChI is InChI=1S/C20H19ClFN3O2S/c21-13-5-6-17-15(11-13)23-20(27)18(28-17)12-19(26)25-9-7-24(8-10-25)16-4-2-1-3-14(16)22/h1-6,11,18H,7-10,12H2,(H,23,27)/t18-/m0/s1. The third kappa shape index (κ3) is 3.95. The van der Waals surface area contributed by atoms with Crippen molar-refractivity contribution in [3.8, 4) is 0 Å². The van der Waals surface area contributed by atoms with Crippen molar-refractivity contribution in [2.24, 2.45) is 0 Å². The van der Waals surface area contributed by atoms with Gasteiger partial charge < -0.3 is 15.1 Å². The molecule has 0 aliphatic carbocycles. The summed E-state index contributed by atoms with van der Waals surface area (Å²) in [7, 11) is 0. The Kier molecular flexibility index (Phi) is 5.46. The van der Waals surface area contributed by atoms with Crippen LogP contribution in [0.2, 0.25) is 5.02 Å². The molecule has 0 spiro atoms. The fraction of sp³-hybridized carbons (Fsp3) is 0.300. The molecule has 1 N–H and O–H groups in total. The first-order valence-corrected chi connectivity index (χ1v) is 10.3. The lowest BCUT2D eigenvalue weighted by atomic mass is 10.2. The van der Waals surface area contributed by atoms with Gasteiger partial charge in [-0.1, -0.05) is 23.7 Å². The minimum atomic E-state index is -0.467. The molecule has 8 heteroatoms. The number of benzene rings is 2. The number of piperazine rings is 1. The van der Waals surface area contributed by atoms with Crippen molar-refractivity contribution < 1.29 is 14.0 Å². The maximum absolute atomic E-state index is 14.0. The highest BCUT2D eigenvalue weighted by Crippen LogP contribution is 2.38. The van der Waals surface area contributed by atoms with E-state index in [2.05, 4.69) is 5.32 Å². The molecule has 146 valence electrons. The lowest BCUT2D eigenvalue weighted by molar-refractivity contribution is -0.132. The summed E-state index contributed by atoms with van der Waals surface area (Å²) in [5.41, 5.74) is 1.25. The van der Waals surface area contributed by atoms with Crippen LogP contribution in [0.5, 0.6) is 0 Å². The third-order valence-electron chi connectivity index (χ3n) is 4.95. The van der Waals surface area contributed by atoms with Gasteiger partial charge in [0.1, 0.15) is 5.82 Å². The second kappa shape index (κ2) is 8.01. The molecular formula is C20H19ClFN3O2S. The van der Waals surface area contributed by atoms with Gasteiger partial charge in [-0.05, 0) is 30.3 Å². The highest BCUT2D eigenvalue weighted by Gasteiger charge is 2.31. The Bertz CT molecular complexity index is 918. The van der Waals surface area contributed by atoms with E-state index in [4.69, 9.17) is 11.6 Å². The summed E-state index contributed by atoms with van der Waals surface area (Å²) in [5.74, 6) is -0.493. The highest BCUT2D eigenvalue weighted by molar-refractivity contribution is 8.01. The summed E-state index contributed by atoms with van der Waals surface area (Å²) < 4.78 is 14.0. The number of fused-ring (bicyclic) bond motifs is 1. The molecule has 0 aromatic heterocycles. The van der Waals surface area contributed by atoms with Crippen LogP contribution in [0.4, 0.5) is 15.8 Å². The summed E-state index contributed by atoms with van der Waals surface area (Å²) >= 11 is 7.35. The van der Waals surface area contributed by atoms with E-state index in [1.165, 1.54) is 17.8 Å². The quantitative estimate of drug-likeness (QED) is 0.825. The van der Waals surface area contributed by atoms with Crippen molar-refractivity contribution in [2.75, 3.05) is 36.4 Å². The fourth-order valence-electron chi connectivity index (χ4n) is 3.45. The van der Waals surface area contributed by atoms with E-state index in [1.807, 2.05) is 11.0 Å². The van der Waals surface area contributed by atoms with Crippen molar-refractivity contribution in [3.63, 3.8) is 0 Å². The second-order valence-electron chi connectivity index (χ2n) is 6.76. The first-order valence-electron chi connectivity index (χ1n) is 9.05. The fourth-order valence-corrected chi connectivity index (χ4v) is 4.70. The van der Waals surface area contributed by atoms with Gasteiger partial charge in [-0.2, -0.15) is 0 Å². The molecule has 28 heavy (non-hydrogen) atoms. The molecule has 2 aromatic rings. The van der Waals surface area contributed by atoms with Gasteiger partial charge in [0.15, 0.2) is 0 Å². The molecule has 2 aliphatic heterocycles. The predicted molar refractivity (Wildman–Crippen MR) is 110 cm³/mol. The molecule has 0 radical (unpaired) electrons. The Balaban J connectivity index is 1.35. The number of para-hydroxylation sites is 1. The lowest BCUT2D eigenvalue weighted by Crippen LogP contribution is -2.50. The second-order valence-corrected chi connectivity index (χ2v) is 8.44. The van der Waals surface area contributed by atoms with Crippen LogP contribution in [0.25, 0.3) is 0 Å². The van der Waals surface area contributed by atoms with Crippen molar-refractivity contribution >= 4 is 46.6 Å². The van der Waals surface area contributed by atoms with Crippen LogP contribution in [0, 0.1) is 5.82 Å². The number of nitrogens with zero attached hydrogens (tertiary/aromatic N) is 2. The van der Waals surface area contributed by atoms with Crippen LogP contribution >= 0.6 is 23.4 Å². The van der Waals surface area contributed by atoms with Gasteiger partial charge in [0, 0.05) is 42.5 Å². The molecule has 2 aromatic carbocycles. The van der Waals surface area contributed by atoms with E-state index in [0.717, 1.165) is 4.90 Å². The topological polar surface area (TPSA) is 52.7 Å². The molecule has 2 aliphatic rings. The third-order valence-corrected chi connectivity index (χ3v) is 6.46. The van der Waals surface area contributed by atoms with E-state index in [9.17, 15) is 14.0 Å². The van der Waals surface area contributed by atoms with Crippen LogP contribution in [0.15, 0.2) is 47.4 Å². The first-order chi connectivity index (χ1) is 13.5. The predicted octanol–water partition coefficient (Wildman–Crippen LogP) is 3.63. The molecule has 1 fully saturated rings. The number of nitrogens with one attached hydrogen (secondary N) is 1. The summed E-state index contributed by atoms with van der Waals surface area (Å²) in [6.07, 6.45) is 0.137. The van der Waals surface area contributed by atoms with Gasteiger partial charge in [0.05, 0.1) is 16.6 Å². The Labute approximate surface area is 171 Å². The van der Waals surface area contributed by atoms with Gasteiger partial charge in [-0.15, -0.1) is 11.8 Å². The van der Waals surface area contributed by atoms with E-state index in [-0.39, 0.29) is 24.1 Å². The number of anilines is 2. The largest absolute Gasteiger partial charge is 0.366 e. The number of halogens is 2. The van der Waals surface area contributed by atoms with Crippen molar-refractivity contribution in [3.05, 3.63) is 53.3 Å². The highest BCUT2D eigenvalue weighted by atomic mass is 35.5. The van der Waals surface area contributed by atoms with E-state index >= 15 is 0 Å². The SMILES string of the molecule is O=C1Nc2cc(Cl)ccc2S[C@H]1CC(=O)N1CCN(c2ccccc2F)CC1. The summed E-state index contributed by atoms with van der Waals surface area (Å²) in [6, 6.07) is 12.0. The van der Waals surface area contributed by atoms with E-state index in [0.29, 0.717) is 42.6 Å². The van der Waals surface area contributed by atoms with Gasteiger partial charge in [-0.25, -0.2) is 4.39 Å².